The Balaban J connectivity index is 0.00000361. The molecule has 0 aromatic heterocycles. The maximum atomic E-state index is 11.7. The van der Waals surface area contributed by atoms with Gasteiger partial charge in [-0.2, -0.15) is 0 Å². The molecule has 0 fully saturated rings. The smallest absolute Gasteiger partial charge is 0.251 e. The average Bonchev–Trinajstić information content (AvgIpc) is 2.42. The van der Waals surface area contributed by atoms with Crippen LogP contribution in [0.25, 0.3) is 0 Å². The van der Waals surface area contributed by atoms with Gasteiger partial charge in [-0.25, -0.2) is 0 Å². The first-order valence-electron chi connectivity index (χ1n) is 6.37. The van der Waals surface area contributed by atoms with Gasteiger partial charge < -0.3 is 16.4 Å². The van der Waals surface area contributed by atoms with Crippen LogP contribution in [0.4, 0.5) is 0 Å². The number of benzene rings is 1. The summed E-state index contributed by atoms with van der Waals surface area (Å²) in [6.45, 7) is 4.86. The SMILES string of the molecule is Cc1ccc(C(=O)NCCNC(=O)C(C)CN)cc1.Cl. The highest BCUT2D eigenvalue weighted by Gasteiger charge is 2.09. The van der Waals surface area contributed by atoms with Crippen molar-refractivity contribution in [2.24, 2.45) is 11.7 Å². The second-order valence-electron chi connectivity index (χ2n) is 4.55. The van der Waals surface area contributed by atoms with E-state index in [1.54, 1.807) is 19.1 Å². The zero-order valence-electron chi connectivity index (χ0n) is 11.8. The third kappa shape index (κ3) is 6.04. The monoisotopic (exact) mass is 299 g/mol. The van der Waals surface area contributed by atoms with E-state index in [-0.39, 0.29) is 30.1 Å². The minimum atomic E-state index is -0.201. The molecule has 6 heteroatoms. The standard InChI is InChI=1S/C14H21N3O2.ClH/c1-10-3-5-12(6-4-10)14(19)17-8-7-16-13(18)11(2)9-15;/h3-6,11H,7-9,15H2,1-2H3,(H,16,18)(H,17,19);1H. The molecule has 0 aliphatic heterocycles. The number of hydrogen-bond donors (Lipinski definition) is 3. The molecule has 0 aliphatic rings. The van der Waals surface area contributed by atoms with E-state index < -0.39 is 0 Å². The van der Waals surface area contributed by atoms with Gasteiger partial charge in [0.2, 0.25) is 5.91 Å². The number of carbonyl (C=O) groups is 2. The molecule has 0 saturated heterocycles. The summed E-state index contributed by atoms with van der Waals surface area (Å²) in [6, 6.07) is 7.33. The topological polar surface area (TPSA) is 84.2 Å². The Morgan fingerprint density at radius 2 is 1.70 bits per heavy atom. The van der Waals surface area contributed by atoms with Crippen LogP contribution in [0, 0.1) is 12.8 Å². The predicted octanol–water partition coefficient (Wildman–Crippen LogP) is 0.858. The van der Waals surface area contributed by atoms with Crippen LogP contribution >= 0.6 is 12.4 Å². The van der Waals surface area contributed by atoms with Crippen molar-refractivity contribution < 1.29 is 9.59 Å². The van der Waals surface area contributed by atoms with Crippen LogP contribution in [0.3, 0.4) is 0 Å². The number of amides is 2. The Kier molecular flexibility index (Phi) is 8.59. The van der Waals surface area contributed by atoms with Gasteiger partial charge in [-0.3, -0.25) is 9.59 Å². The molecule has 20 heavy (non-hydrogen) atoms. The molecule has 0 bridgehead atoms. The summed E-state index contributed by atoms with van der Waals surface area (Å²) in [5, 5.41) is 5.46. The van der Waals surface area contributed by atoms with Gasteiger partial charge >= 0.3 is 0 Å². The third-order valence-corrected chi connectivity index (χ3v) is 2.82. The molecule has 1 unspecified atom stereocenters. The molecule has 112 valence electrons. The Labute approximate surface area is 125 Å². The van der Waals surface area contributed by atoms with Crippen molar-refractivity contribution >= 4 is 24.2 Å². The first-order chi connectivity index (χ1) is 9.04. The number of carbonyl (C=O) groups excluding carboxylic acids is 2. The van der Waals surface area contributed by atoms with Gasteiger partial charge in [0, 0.05) is 31.1 Å². The summed E-state index contributed by atoms with van der Waals surface area (Å²) in [4.78, 5) is 23.2. The quantitative estimate of drug-likeness (QED) is 0.681. The summed E-state index contributed by atoms with van der Waals surface area (Å²) in [5.74, 6) is -0.430. The molecule has 0 radical (unpaired) electrons. The van der Waals surface area contributed by atoms with Crippen LogP contribution in [0.15, 0.2) is 24.3 Å². The molecule has 2 amide bonds. The van der Waals surface area contributed by atoms with Crippen molar-refractivity contribution in [3.8, 4) is 0 Å². The van der Waals surface area contributed by atoms with Gasteiger partial charge in [-0.1, -0.05) is 24.6 Å². The third-order valence-electron chi connectivity index (χ3n) is 2.82. The molecule has 5 nitrogen and oxygen atoms in total. The van der Waals surface area contributed by atoms with Crippen LogP contribution in [-0.4, -0.2) is 31.4 Å². The van der Waals surface area contributed by atoms with Gasteiger partial charge in [0.1, 0.15) is 0 Å². The molecule has 1 aromatic carbocycles. The maximum Gasteiger partial charge on any atom is 0.251 e. The van der Waals surface area contributed by atoms with Gasteiger partial charge in [0.05, 0.1) is 0 Å². The zero-order chi connectivity index (χ0) is 14.3. The van der Waals surface area contributed by atoms with E-state index in [1.807, 2.05) is 19.1 Å². The summed E-state index contributed by atoms with van der Waals surface area (Å²) in [6.07, 6.45) is 0. The van der Waals surface area contributed by atoms with Crippen LogP contribution < -0.4 is 16.4 Å². The summed E-state index contributed by atoms with van der Waals surface area (Å²) < 4.78 is 0. The number of nitrogens with two attached hydrogens (primary N) is 1. The molecular formula is C14H22ClN3O2. The minimum Gasteiger partial charge on any atom is -0.354 e. The molecule has 0 saturated carbocycles. The van der Waals surface area contributed by atoms with E-state index in [0.717, 1.165) is 5.56 Å². The van der Waals surface area contributed by atoms with E-state index in [0.29, 0.717) is 25.2 Å². The number of rotatable bonds is 6. The lowest BCUT2D eigenvalue weighted by molar-refractivity contribution is -0.124. The minimum absolute atomic E-state index is 0. The van der Waals surface area contributed by atoms with Gasteiger partial charge in [-0.15, -0.1) is 12.4 Å². The molecule has 0 aliphatic carbocycles. The molecule has 1 aromatic rings. The number of halogens is 1. The van der Waals surface area contributed by atoms with Gasteiger partial charge in [-0.05, 0) is 19.1 Å². The Morgan fingerprint density at radius 1 is 1.15 bits per heavy atom. The molecule has 1 atom stereocenters. The van der Waals surface area contributed by atoms with Crippen LogP contribution in [0.2, 0.25) is 0 Å². The normalized spacial score (nSPS) is 11.2. The lowest BCUT2D eigenvalue weighted by Crippen LogP contribution is -2.38. The molecule has 0 spiro atoms. The number of hydrogen-bond acceptors (Lipinski definition) is 3. The van der Waals surface area contributed by atoms with Crippen molar-refractivity contribution in [1.82, 2.24) is 10.6 Å². The highest BCUT2D eigenvalue weighted by atomic mass is 35.5. The van der Waals surface area contributed by atoms with Crippen LogP contribution in [0.5, 0.6) is 0 Å². The maximum absolute atomic E-state index is 11.7. The molecule has 0 heterocycles. The van der Waals surface area contributed by atoms with Crippen molar-refractivity contribution in [2.75, 3.05) is 19.6 Å². The number of nitrogens with one attached hydrogen (secondary N) is 2. The van der Waals surface area contributed by atoms with E-state index in [4.69, 9.17) is 5.73 Å². The lowest BCUT2D eigenvalue weighted by atomic mass is 10.1. The average molecular weight is 300 g/mol. The number of aryl methyl sites for hydroxylation is 1. The second kappa shape index (κ2) is 9.34. The van der Waals surface area contributed by atoms with Crippen molar-refractivity contribution in [1.29, 1.82) is 0 Å². The predicted molar refractivity (Wildman–Crippen MR) is 82.0 cm³/mol. The van der Waals surface area contributed by atoms with Crippen molar-refractivity contribution in [2.45, 2.75) is 13.8 Å². The first kappa shape index (κ1) is 18.4. The molecule has 4 N–H and O–H groups in total. The summed E-state index contributed by atoms with van der Waals surface area (Å²) >= 11 is 0. The second-order valence-corrected chi connectivity index (χ2v) is 4.55. The van der Waals surface area contributed by atoms with Gasteiger partial charge in [0.15, 0.2) is 0 Å². The Bertz CT molecular complexity index is 435. The van der Waals surface area contributed by atoms with Crippen LogP contribution in [-0.2, 0) is 4.79 Å². The highest BCUT2D eigenvalue weighted by Crippen LogP contribution is 2.02. The molecular weight excluding hydrogens is 278 g/mol. The lowest BCUT2D eigenvalue weighted by Gasteiger charge is -2.10. The van der Waals surface area contributed by atoms with E-state index in [1.165, 1.54) is 0 Å². The Hall–Kier alpha value is -1.59. The fourth-order valence-electron chi connectivity index (χ4n) is 1.45. The summed E-state index contributed by atoms with van der Waals surface area (Å²) in [7, 11) is 0. The fourth-order valence-corrected chi connectivity index (χ4v) is 1.45. The Morgan fingerprint density at radius 3 is 2.25 bits per heavy atom. The van der Waals surface area contributed by atoms with Crippen LogP contribution in [0.1, 0.15) is 22.8 Å². The molecule has 1 rings (SSSR count). The van der Waals surface area contributed by atoms with E-state index in [2.05, 4.69) is 10.6 Å². The summed E-state index contributed by atoms with van der Waals surface area (Å²) in [5.41, 5.74) is 7.11. The van der Waals surface area contributed by atoms with Crippen molar-refractivity contribution in [3.05, 3.63) is 35.4 Å². The fraction of sp³-hybridized carbons (Fsp3) is 0.429. The van der Waals surface area contributed by atoms with E-state index in [9.17, 15) is 9.59 Å². The first-order valence-corrected chi connectivity index (χ1v) is 6.37. The zero-order valence-corrected chi connectivity index (χ0v) is 12.6. The van der Waals surface area contributed by atoms with E-state index >= 15 is 0 Å². The van der Waals surface area contributed by atoms with Crippen molar-refractivity contribution in [3.63, 3.8) is 0 Å². The highest BCUT2D eigenvalue weighted by molar-refractivity contribution is 5.94. The van der Waals surface area contributed by atoms with Gasteiger partial charge in [0.25, 0.3) is 5.91 Å². The largest absolute Gasteiger partial charge is 0.354 e.